The monoisotopic (exact) mass is 453 g/mol. The molecule has 3 aromatic rings. The molecule has 5 heteroatoms. The van der Waals surface area contributed by atoms with Gasteiger partial charge in [-0.25, -0.2) is 0 Å². The van der Waals surface area contributed by atoms with Crippen LogP contribution in [0.1, 0.15) is 29.8 Å². The summed E-state index contributed by atoms with van der Waals surface area (Å²) in [5.74, 6) is 1.10. The van der Waals surface area contributed by atoms with Crippen LogP contribution < -0.4 is 14.8 Å². The third kappa shape index (κ3) is 6.36. The molecule has 29 heavy (non-hydrogen) atoms. The van der Waals surface area contributed by atoms with Crippen molar-refractivity contribution in [1.29, 1.82) is 0 Å². The lowest BCUT2D eigenvalue weighted by Crippen LogP contribution is -2.14. The number of ether oxygens (including phenoxy) is 2. The maximum absolute atomic E-state index is 12.8. The quantitative estimate of drug-likeness (QED) is 0.447. The second-order valence-electron chi connectivity index (χ2n) is 6.87. The lowest BCUT2D eigenvalue weighted by Gasteiger charge is -2.13. The number of hydrogen-bond acceptors (Lipinski definition) is 3. The predicted molar refractivity (Wildman–Crippen MR) is 120 cm³/mol. The van der Waals surface area contributed by atoms with E-state index < -0.39 is 0 Å². The molecule has 0 aliphatic rings. The molecule has 0 bridgehead atoms. The maximum Gasteiger partial charge on any atom is 0.259 e. The van der Waals surface area contributed by atoms with E-state index >= 15 is 0 Å². The van der Waals surface area contributed by atoms with Crippen LogP contribution >= 0.6 is 15.9 Å². The average molecular weight is 454 g/mol. The number of rotatable bonds is 8. The summed E-state index contributed by atoms with van der Waals surface area (Å²) in [6, 6.07) is 22.9. The van der Waals surface area contributed by atoms with Gasteiger partial charge >= 0.3 is 0 Å². The number of hydrogen-bond donors (Lipinski definition) is 1. The van der Waals surface area contributed by atoms with Crippen LogP contribution in [-0.2, 0) is 6.42 Å². The summed E-state index contributed by atoms with van der Waals surface area (Å²) in [6.07, 6.45) is 0.877. The summed E-state index contributed by atoms with van der Waals surface area (Å²) in [7, 11) is 0. The number of amides is 1. The normalized spacial score (nSPS) is 10.6. The van der Waals surface area contributed by atoms with Gasteiger partial charge in [-0.3, -0.25) is 4.79 Å². The molecule has 0 saturated heterocycles. The number of carbonyl (C=O) groups is 1. The number of halogens is 1. The Morgan fingerprint density at radius 1 is 1.00 bits per heavy atom. The second kappa shape index (κ2) is 10.1. The Bertz CT molecular complexity index is 940. The molecule has 0 fully saturated rings. The molecule has 0 heterocycles. The zero-order valence-corrected chi connectivity index (χ0v) is 18.1. The smallest absolute Gasteiger partial charge is 0.259 e. The van der Waals surface area contributed by atoms with Gasteiger partial charge in [0, 0.05) is 16.6 Å². The Balaban J connectivity index is 1.66. The predicted octanol–water partition coefficient (Wildman–Crippen LogP) is 6.11. The van der Waals surface area contributed by atoms with Crippen LogP contribution in [0.2, 0.25) is 0 Å². The molecule has 0 aromatic heterocycles. The Morgan fingerprint density at radius 2 is 1.72 bits per heavy atom. The van der Waals surface area contributed by atoms with Crippen LogP contribution in [0.4, 0.5) is 5.69 Å². The molecule has 150 valence electrons. The van der Waals surface area contributed by atoms with Gasteiger partial charge in [0.05, 0.1) is 18.3 Å². The molecule has 1 N–H and O–H groups in total. The van der Waals surface area contributed by atoms with Crippen LogP contribution in [-0.4, -0.2) is 18.6 Å². The van der Waals surface area contributed by atoms with Crippen molar-refractivity contribution in [3.63, 3.8) is 0 Å². The highest BCUT2D eigenvalue weighted by Gasteiger charge is 2.14. The largest absolute Gasteiger partial charge is 0.492 e. The fraction of sp³-hybridized carbons (Fsp3) is 0.208. The molecule has 0 radical (unpaired) electrons. The molecule has 0 aliphatic carbocycles. The molecule has 0 spiro atoms. The first-order chi connectivity index (χ1) is 14.0. The molecular weight excluding hydrogens is 430 g/mol. The molecule has 4 nitrogen and oxygen atoms in total. The van der Waals surface area contributed by atoms with Crippen molar-refractivity contribution < 1.29 is 14.3 Å². The summed E-state index contributed by atoms with van der Waals surface area (Å²) < 4.78 is 12.4. The Hall–Kier alpha value is -2.79. The third-order valence-corrected chi connectivity index (χ3v) is 4.65. The molecular formula is C24H24BrNO3. The fourth-order valence-electron chi connectivity index (χ4n) is 2.82. The lowest BCUT2D eigenvalue weighted by molar-refractivity contribution is 0.102. The standard InChI is InChI=1S/C24H24BrNO3/c1-17(2)29-21-11-9-20(10-12-21)26-24(27)22-16-19(25)8-13-23(22)28-15-14-18-6-4-3-5-7-18/h3-13,16-17H,14-15H2,1-2H3,(H,26,27). The summed E-state index contributed by atoms with van der Waals surface area (Å²) in [5.41, 5.74) is 2.37. The van der Waals surface area contributed by atoms with Gasteiger partial charge in [-0.2, -0.15) is 0 Å². The van der Waals surface area contributed by atoms with Gasteiger partial charge in [-0.1, -0.05) is 46.3 Å². The molecule has 3 aromatic carbocycles. The Labute approximate surface area is 180 Å². The summed E-state index contributed by atoms with van der Waals surface area (Å²) in [5, 5.41) is 2.92. The van der Waals surface area contributed by atoms with E-state index in [1.807, 2.05) is 68.4 Å². The van der Waals surface area contributed by atoms with Crippen LogP contribution in [0.25, 0.3) is 0 Å². The molecule has 0 unspecified atom stereocenters. The fourth-order valence-corrected chi connectivity index (χ4v) is 3.18. The van der Waals surface area contributed by atoms with Gasteiger partial charge in [0.25, 0.3) is 5.91 Å². The topological polar surface area (TPSA) is 47.6 Å². The van der Waals surface area contributed by atoms with E-state index in [0.717, 1.165) is 16.6 Å². The Kier molecular flexibility index (Phi) is 7.30. The minimum absolute atomic E-state index is 0.104. The van der Waals surface area contributed by atoms with E-state index in [0.29, 0.717) is 23.6 Å². The van der Waals surface area contributed by atoms with Gasteiger partial charge in [0.2, 0.25) is 0 Å². The van der Waals surface area contributed by atoms with Gasteiger partial charge < -0.3 is 14.8 Å². The highest BCUT2D eigenvalue weighted by atomic mass is 79.9. The number of benzene rings is 3. The SMILES string of the molecule is CC(C)Oc1ccc(NC(=O)c2cc(Br)ccc2OCCc2ccccc2)cc1. The molecule has 3 rings (SSSR count). The molecule has 0 saturated carbocycles. The van der Waals surface area contributed by atoms with Crippen molar-refractivity contribution >= 4 is 27.5 Å². The summed E-state index contributed by atoms with van der Waals surface area (Å²) in [6.45, 7) is 4.44. The van der Waals surface area contributed by atoms with Gasteiger partial charge in [-0.05, 0) is 61.9 Å². The van der Waals surface area contributed by atoms with Gasteiger partial charge in [0.1, 0.15) is 11.5 Å². The molecule has 1 amide bonds. The lowest BCUT2D eigenvalue weighted by atomic mass is 10.1. The first-order valence-electron chi connectivity index (χ1n) is 9.55. The minimum Gasteiger partial charge on any atom is -0.492 e. The summed E-state index contributed by atoms with van der Waals surface area (Å²) >= 11 is 3.44. The highest BCUT2D eigenvalue weighted by molar-refractivity contribution is 9.10. The number of anilines is 1. The van der Waals surface area contributed by atoms with Crippen molar-refractivity contribution in [3.8, 4) is 11.5 Å². The van der Waals surface area contributed by atoms with Crippen molar-refractivity contribution in [2.45, 2.75) is 26.4 Å². The van der Waals surface area contributed by atoms with Gasteiger partial charge in [-0.15, -0.1) is 0 Å². The first-order valence-corrected chi connectivity index (χ1v) is 10.3. The van der Waals surface area contributed by atoms with Crippen molar-refractivity contribution in [1.82, 2.24) is 0 Å². The average Bonchev–Trinajstić information content (AvgIpc) is 2.71. The number of nitrogens with one attached hydrogen (secondary N) is 1. The minimum atomic E-state index is -0.224. The van der Waals surface area contributed by atoms with Crippen LogP contribution in [0.3, 0.4) is 0 Å². The molecule has 0 atom stereocenters. The van der Waals surface area contributed by atoms with E-state index in [4.69, 9.17) is 9.47 Å². The van der Waals surface area contributed by atoms with Crippen LogP contribution in [0, 0.1) is 0 Å². The highest BCUT2D eigenvalue weighted by Crippen LogP contribution is 2.25. The Morgan fingerprint density at radius 3 is 2.41 bits per heavy atom. The number of carbonyl (C=O) groups excluding carboxylic acids is 1. The molecule has 0 aliphatic heterocycles. The van der Waals surface area contributed by atoms with E-state index in [2.05, 4.69) is 33.4 Å². The van der Waals surface area contributed by atoms with E-state index in [1.54, 1.807) is 6.07 Å². The third-order valence-electron chi connectivity index (χ3n) is 4.16. The van der Waals surface area contributed by atoms with Crippen LogP contribution in [0.15, 0.2) is 77.3 Å². The van der Waals surface area contributed by atoms with Crippen molar-refractivity contribution in [3.05, 3.63) is 88.4 Å². The zero-order valence-electron chi connectivity index (χ0n) is 16.5. The first kappa shape index (κ1) is 20.9. The van der Waals surface area contributed by atoms with Gasteiger partial charge in [0.15, 0.2) is 0 Å². The summed E-state index contributed by atoms with van der Waals surface area (Å²) in [4.78, 5) is 12.8. The van der Waals surface area contributed by atoms with E-state index in [9.17, 15) is 4.79 Å². The second-order valence-corrected chi connectivity index (χ2v) is 7.79. The zero-order chi connectivity index (χ0) is 20.6. The van der Waals surface area contributed by atoms with Crippen molar-refractivity contribution in [2.75, 3.05) is 11.9 Å². The maximum atomic E-state index is 12.8. The van der Waals surface area contributed by atoms with E-state index in [1.165, 1.54) is 5.56 Å². The van der Waals surface area contributed by atoms with Crippen molar-refractivity contribution in [2.24, 2.45) is 0 Å². The van der Waals surface area contributed by atoms with E-state index in [-0.39, 0.29) is 12.0 Å². The van der Waals surface area contributed by atoms with Crippen LogP contribution in [0.5, 0.6) is 11.5 Å².